The Morgan fingerprint density at radius 3 is 2.62 bits per heavy atom. The minimum Gasteiger partial charge on any atom is -0.490 e. The summed E-state index contributed by atoms with van der Waals surface area (Å²) < 4.78 is 23.8. The summed E-state index contributed by atoms with van der Waals surface area (Å²) >= 11 is 3.03. The number of halogens is 2. The van der Waals surface area contributed by atoms with Gasteiger partial charge >= 0.3 is 5.97 Å². The van der Waals surface area contributed by atoms with Crippen LogP contribution in [-0.2, 0) is 4.74 Å². The molecule has 0 saturated carbocycles. The van der Waals surface area contributed by atoms with Gasteiger partial charge in [-0.15, -0.1) is 0 Å². The van der Waals surface area contributed by atoms with Gasteiger partial charge in [0.2, 0.25) is 0 Å². The molecule has 0 fully saturated rings. The topological polar surface area (TPSA) is 35.5 Å². The van der Waals surface area contributed by atoms with Crippen LogP contribution in [0.1, 0.15) is 24.2 Å². The first kappa shape index (κ1) is 13.0. The normalized spacial score (nSPS) is 10.0. The van der Waals surface area contributed by atoms with Crippen molar-refractivity contribution in [3.8, 4) is 5.75 Å². The SMILES string of the molecule is CCOC(=O)c1ccc(Br)c(F)c1OCC. The highest BCUT2D eigenvalue weighted by Crippen LogP contribution is 2.29. The van der Waals surface area contributed by atoms with Crippen molar-refractivity contribution in [3.05, 3.63) is 28.0 Å². The molecule has 0 aliphatic carbocycles. The second kappa shape index (κ2) is 5.84. The second-order valence-electron chi connectivity index (χ2n) is 2.89. The van der Waals surface area contributed by atoms with Crippen molar-refractivity contribution >= 4 is 21.9 Å². The minimum absolute atomic E-state index is 0.0738. The van der Waals surface area contributed by atoms with Crippen molar-refractivity contribution in [2.24, 2.45) is 0 Å². The fraction of sp³-hybridized carbons (Fsp3) is 0.364. The lowest BCUT2D eigenvalue weighted by molar-refractivity contribution is 0.0521. The molecular weight excluding hydrogens is 279 g/mol. The fourth-order valence-electron chi connectivity index (χ4n) is 1.19. The van der Waals surface area contributed by atoms with Gasteiger partial charge in [-0.05, 0) is 41.9 Å². The summed E-state index contributed by atoms with van der Waals surface area (Å²) in [6.45, 7) is 3.92. The average molecular weight is 291 g/mol. The first-order valence-electron chi connectivity index (χ1n) is 4.89. The second-order valence-corrected chi connectivity index (χ2v) is 3.75. The Labute approximate surface area is 102 Å². The molecule has 16 heavy (non-hydrogen) atoms. The van der Waals surface area contributed by atoms with E-state index in [-0.39, 0.29) is 29.0 Å². The molecule has 0 heterocycles. The number of hydrogen-bond donors (Lipinski definition) is 0. The number of esters is 1. The molecule has 1 aromatic rings. The Kier molecular flexibility index (Phi) is 4.73. The van der Waals surface area contributed by atoms with Crippen molar-refractivity contribution in [3.63, 3.8) is 0 Å². The van der Waals surface area contributed by atoms with Crippen LogP contribution in [-0.4, -0.2) is 19.2 Å². The van der Waals surface area contributed by atoms with Crippen LogP contribution in [0.5, 0.6) is 5.75 Å². The zero-order chi connectivity index (χ0) is 12.1. The van der Waals surface area contributed by atoms with E-state index in [0.717, 1.165) is 0 Å². The molecule has 0 amide bonds. The monoisotopic (exact) mass is 290 g/mol. The van der Waals surface area contributed by atoms with Crippen molar-refractivity contribution in [1.29, 1.82) is 0 Å². The predicted octanol–water partition coefficient (Wildman–Crippen LogP) is 3.16. The van der Waals surface area contributed by atoms with E-state index in [1.165, 1.54) is 12.1 Å². The summed E-state index contributed by atoms with van der Waals surface area (Å²) in [5, 5.41) is 0. The van der Waals surface area contributed by atoms with Gasteiger partial charge in [0.25, 0.3) is 0 Å². The summed E-state index contributed by atoms with van der Waals surface area (Å²) in [5.41, 5.74) is 0.101. The summed E-state index contributed by atoms with van der Waals surface area (Å²) in [6.07, 6.45) is 0. The average Bonchev–Trinajstić information content (AvgIpc) is 2.25. The van der Waals surface area contributed by atoms with Crippen LogP contribution in [0.15, 0.2) is 16.6 Å². The molecule has 0 unspecified atom stereocenters. The summed E-state index contributed by atoms with van der Waals surface area (Å²) in [4.78, 5) is 11.5. The summed E-state index contributed by atoms with van der Waals surface area (Å²) in [5.74, 6) is -1.25. The number of benzene rings is 1. The molecule has 3 nitrogen and oxygen atoms in total. The fourth-order valence-corrected chi connectivity index (χ4v) is 1.50. The zero-order valence-electron chi connectivity index (χ0n) is 9.05. The van der Waals surface area contributed by atoms with Gasteiger partial charge in [-0.2, -0.15) is 0 Å². The third-order valence-electron chi connectivity index (χ3n) is 1.83. The Morgan fingerprint density at radius 1 is 1.38 bits per heavy atom. The van der Waals surface area contributed by atoms with Crippen LogP contribution in [0.4, 0.5) is 4.39 Å². The molecule has 0 aliphatic rings. The Balaban J connectivity index is 3.17. The molecule has 0 aromatic heterocycles. The molecule has 0 N–H and O–H groups in total. The van der Waals surface area contributed by atoms with E-state index in [4.69, 9.17) is 9.47 Å². The van der Waals surface area contributed by atoms with Gasteiger partial charge in [0.05, 0.1) is 17.7 Å². The molecule has 1 aromatic carbocycles. The highest BCUT2D eigenvalue weighted by molar-refractivity contribution is 9.10. The quantitative estimate of drug-likeness (QED) is 0.799. The molecule has 1 rings (SSSR count). The van der Waals surface area contributed by atoms with Crippen molar-refractivity contribution in [2.75, 3.05) is 13.2 Å². The number of carbonyl (C=O) groups excluding carboxylic acids is 1. The van der Waals surface area contributed by atoms with Gasteiger partial charge < -0.3 is 9.47 Å². The van der Waals surface area contributed by atoms with Gasteiger partial charge in [0, 0.05) is 0 Å². The number of ether oxygens (including phenoxy) is 2. The Morgan fingerprint density at radius 2 is 2.06 bits per heavy atom. The predicted molar refractivity (Wildman–Crippen MR) is 61.2 cm³/mol. The van der Waals surface area contributed by atoms with Crippen LogP contribution in [0, 0.1) is 5.82 Å². The summed E-state index contributed by atoms with van der Waals surface area (Å²) in [6, 6.07) is 2.92. The Hall–Kier alpha value is -1.10. The standard InChI is InChI=1S/C11H12BrFO3/c1-3-15-10-7(11(14)16-4-2)5-6-8(12)9(10)13/h5-6H,3-4H2,1-2H3. The highest BCUT2D eigenvalue weighted by Gasteiger charge is 2.19. The maximum absolute atomic E-state index is 13.7. The molecule has 0 atom stereocenters. The summed E-state index contributed by atoms with van der Waals surface area (Å²) in [7, 11) is 0. The lowest BCUT2D eigenvalue weighted by Crippen LogP contribution is -2.09. The Bertz CT molecular complexity index is 393. The molecule has 0 saturated heterocycles. The van der Waals surface area contributed by atoms with E-state index in [0.29, 0.717) is 0 Å². The van der Waals surface area contributed by atoms with Crippen LogP contribution < -0.4 is 4.74 Å². The van der Waals surface area contributed by atoms with E-state index in [1.54, 1.807) is 13.8 Å². The molecule has 0 radical (unpaired) electrons. The lowest BCUT2D eigenvalue weighted by Gasteiger charge is -2.11. The van der Waals surface area contributed by atoms with Crippen LogP contribution in [0.25, 0.3) is 0 Å². The maximum Gasteiger partial charge on any atom is 0.342 e. The van der Waals surface area contributed by atoms with Gasteiger partial charge in [0.1, 0.15) is 5.56 Å². The number of carbonyl (C=O) groups is 1. The van der Waals surface area contributed by atoms with Crippen LogP contribution in [0.3, 0.4) is 0 Å². The molecule has 0 bridgehead atoms. The maximum atomic E-state index is 13.7. The van der Waals surface area contributed by atoms with Gasteiger partial charge in [0.15, 0.2) is 11.6 Å². The van der Waals surface area contributed by atoms with Gasteiger partial charge in [-0.3, -0.25) is 0 Å². The largest absolute Gasteiger partial charge is 0.490 e. The van der Waals surface area contributed by atoms with Crippen molar-refractivity contribution < 1.29 is 18.7 Å². The van der Waals surface area contributed by atoms with E-state index in [2.05, 4.69) is 15.9 Å². The molecule has 0 spiro atoms. The van der Waals surface area contributed by atoms with E-state index in [9.17, 15) is 9.18 Å². The smallest absolute Gasteiger partial charge is 0.342 e. The lowest BCUT2D eigenvalue weighted by atomic mass is 10.2. The molecule has 5 heteroatoms. The molecular formula is C11H12BrFO3. The highest BCUT2D eigenvalue weighted by atomic mass is 79.9. The van der Waals surface area contributed by atoms with Crippen molar-refractivity contribution in [2.45, 2.75) is 13.8 Å². The van der Waals surface area contributed by atoms with Crippen molar-refractivity contribution in [1.82, 2.24) is 0 Å². The van der Waals surface area contributed by atoms with E-state index in [1.807, 2.05) is 0 Å². The number of rotatable bonds is 4. The first-order valence-corrected chi connectivity index (χ1v) is 5.69. The third kappa shape index (κ3) is 2.72. The first-order chi connectivity index (χ1) is 7.61. The zero-order valence-corrected chi connectivity index (χ0v) is 10.6. The van der Waals surface area contributed by atoms with Gasteiger partial charge in [-0.1, -0.05) is 0 Å². The van der Waals surface area contributed by atoms with Gasteiger partial charge in [-0.25, -0.2) is 9.18 Å². The van der Waals surface area contributed by atoms with E-state index < -0.39 is 11.8 Å². The number of hydrogen-bond acceptors (Lipinski definition) is 3. The van der Waals surface area contributed by atoms with Crippen LogP contribution >= 0.6 is 15.9 Å². The third-order valence-corrected chi connectivity index (χ3v) is 2.45. The minimum atomic E-state index is -0.590. The molecule has 0 aliphatic heterocycles. The molecule has 88 valence electrons. The van der Waals surface area contributed by atoms with E-state index >= 15 is 0 Å². The van der Waals surface area contributed by atoms with Crippen LogP contribution in [0.2, 0.25) is 0 Å².